The third-order valence-electron chi connectivity index (χ3n) is 3.81. The molecule has 1 aromatic rings. The van der Waals surface area contributed by atoms with Crippen LogP contribution < -0.4 is 5.32 Å². The van der Waals surface area contributed by atoms with Crippen molar-refractivity contribution in [3.8, 4) is 0 Å². The molecule has 1 fully saturated rings. The fraction of sp³-hybridized carbons (Fsp3) is 0.600. The zero-order valence-electron chi connectivity index (χ0n) is 12.0. The number of benzene rings is 1. The maximum atomic E-state index is 13.2. The molecule has 1 aliphatic rings. The van der Waals surface area contributed by atoms with Crippen LogP contribution in [-0.4, -0.2) is 48.6 Å². The Bertz CT molecular complexity index is 444. The number of thioether (sulfide) groups is 1. The molecule has 1 N–H and O–H groups in total. The summed E-state index contributed by atoms with van der Waals surface area (Å²) in [6.45, 7) is 4.19. The molecule has 1 aliphatic heterocycles. The maximum Gasteiger partial charge on any atom is 0.141 e. The van der Waals surface area contributed by atoms with E-state index in [0.717, 1.165) is 30.8 Å². The van der Waals surface area contributed by atoms with E-state index in [1.54, 1.807) is 6.07 Å². The van der Waals surface area contributed by atoms with Crippen molar-refractivity contribution >= 4 is 23.4 Å². The van der Waals surface area contributed by atoms with Gasteiger partial charge in [0.1, 0.15) is 5.82 Å². The van der Waals surface area contributed by atoms with Gasteiger partial charge in [0.15, 0.2) is 0 Å². The first-order chi connectivity index (χ1) is 9.61. The molecule has 0 aromatic heterocycles. The van der Waals surface area contributed by atoms with Crippen LogP contribution in [0, 0.1) is 5.82 Å². The van der Waals surface area contributed by atoms with Crippen LogP contribution in [0.2, 0.25) is 5.02 Å². The molecular formula is C15H22ClFN2S. The molecule has 1 saturated heterocycles. The Labute approximate surface area is 130 Å². The Balaban J connectivity index is 2.09. The molecule has 20 heavy (non-hydrogen) atoms. The monoisotopic (exact) mass is 316 g/mol. The van der Waals surface area contributed by atoms with Gasteiger partial charge in [0, 0.05) is 30.1 Å². The second-order valence-corrected chi connectivity index (χ2v) is 6.80. The number of halogens is 2. The highest BCUT2D eigenvalue weighted by Gasteiger charge is 2.27. The summed E-state index contributed by atoms with van der Waals surface area (Å²) in [4.78, 5) is 2.43. The third-order valence-corrected chi connectivity index (χ3v) is 5.15. The number of nitrogens with one attached hydrogen (secondary N) is 1. The molecule has 1 aromatic carbocycles. The summed E-state index contributed by atoms with van der Waals surface area (Å²) >= 11 is 7.89. The van der Waals surface area contributed by atoms with Crippen LogP contribution in [0.4, 0.5) is 4.39 Å². The second-order valence-electron chi connectivity index (χ2n) is 5.24. The standard InChI is InChI=1S/C15H22ClFN2S/c1-3-18-14(15-10-20-7-6-19(15)2)9-11-4-5-13(17)12(16)8-11/h4-5,8,14-15,18H,3,6-7,9-10H2,1-2H3. The van der Waals surface area contributed by atoms with Gasteiger partial charge in [-0.15, -0.1) is 0 Å². The van der Waals surface area contributed by atoms with Crippen molar-refractivity contribution < 1.29 is 4.39 Å². The molecule has 0 radical (unpaired) electrons. The Morgan fingerprint density at radius 2 is 2.35 bits per heavy atom. The van der Waals surface area contributed by atoms with Gasteiger partial charge in [0.25, 0.3) is 0 Å². The number of hydrogen-bond donors (Lipinski definition) is 1. The number of rotatable bonds is 5. The third kappa shape index (κ3) is 4.10. The van der Waals surface area contributed by atoms with E-state index in [1.807, 2.05) is 17.8 Å². The predicted molar refractivity (Wildman–Crippen MR) is 86.3 cm³/mol. The maximum absolute atomic E-state index is 13.2. The minimum atomic E-state index is -0.347. The molecule has 2 rings (SSSR count). The molecule has 1 heterocycles. The molecule has 0 saturated carbocycles. The Morgan fingerprint density at radius 3 is 3.00 bits per heavy atom. The summed E-state index contributed by atoms with van der Waals surface area (Å²) in [7, 11) is 2.19. The van der Waals surface area contributed by atoms with E-state index >= 15 is 0 Å². The van der Waals surface area contributed by atoms with Gasteiger partial charge in [-0.3, -0.25) is 0 Å². The molecule has 2 atom stereocenters. The normalized spacial score (nSPS) is 21.9. The van der Waals surface area contributed by atoms with Crippen LogP contribution >= 0.6 is 23.4 Å². The number of nitrogens with zero attached hydrogens (tertiary/aromatic N) is 1. The van der Waals surface area contributed by atoms with Gasteiger partial charge >= 0.3 is 0 Å². The lowest BCUT2D eigenvalue weighted by molar-refractivity contribution is 0.215. The van der Waals surface area contributed by atoms with Gasteiger partial charge in [-0.05, 0) is 37.7 Å². The summed E-state index contributed by atoms with van der Waals surface area (Å²) in [6, 6.07) is 5.93. The highest BCUT2D eigenvalue weighted by molar-refractivity contribution is 7.99. The second kappa shape index (κ2) is 7.64. The number of likely N-dealkylation sites (N-methyl/N-ethyl adjacent to an activating group) is 2. The minimum Gasteiger partial charge on any atom is -0.312 e. The molecule has 2 unspecified atom stereocenters. The molecule has 112 valence electrons. The zero-order valence-corrected chi connectivity index (χ0v) is 13.6. The first kappa shape index (κ1) is 16.1. The van der Waals surface area contributed by atoms with E-state index < -0.39 is 0 Å². The quantitative estimate of drug-likeness (QED) is 0.899. The van der Waals surface area contributed by atoms with Gasteiger partial charge in [-0.25, -0.2) is 4.39 Å². The van der Waals surface area contributed by atoms with Crippen molar-refractivity contribution in [2.45, 2.75) is 25.4 Å². The molecular weight excluding hydrogens is 295 g/mol. The lowest BCUT2D eigenvalue weighted by atomic mass is 9.99. The van der Waals surface area contributed by atoms with Gasteiger partial charge in [-0.2, -0.15) is 11.8 Å². The highest BCUT2D eigenvalue weighted by atomic mass is 35.5. The van der Waals surface area contributed by atoms with Crippen LogP contribution in [0.5, 0.6) is 0 Å². The molecule has 0 spiro atoms. The van der Waals surface area contributed by atoms with Gasteiger partial charge in [-0.1, -0.05) is 24.6 Å². The van der Waals surface area contributed by atoms with Crippen molar-refractivity contribution in [1.29, 1.82) is 0 Å². The number of hydrogen-bond acceptors (Lipinski definition) is 3. The topological polar surface area (TPSA) is 15.3 Å². The van der Waals surface area contributed by atoms with E-state index in [-0.39, 0.29) is 10.8 Å². The fourth-order valence-electron chi connectivity index (χ4n) is 2.66. The van der Waals surface area contributed by atoms with Gasteiger partial charge in [0.2, 0.25) is 0 Å². The van der Waals surface area contributed by atoms with Crippen LogP contribution in [-0.2, 0) is 6.42 Å². The van der Waals surface area contributed by atoms with Crippen molar-refractivity contribution in [1.82, 2.24) is 10.2 Å². The molecule has 5 heteroatoms. The van der Waals surface area contributed by atoms with Crippen LogP contribution in [0.15, 0.2) is 18.2 Å². The van der Waals surface area contributed by atoms with Crippen molar-refractivity contribution in [3.63, 3.8) is 0 Å². The zero-order chi connectivity index (χ0) is 14.5. The van der Waals surface area contributed by atoms with Crippen LogP contribution in [0.3, 0.4) is 0 Å². The van der Waals surface area contributed by atoms with Gasteiger partial charge in [0.05, 0.1) is 5.02 Å². The SMILES string of the molecule is CCNC(Cc1ccc(F)c(Cl)c1)C1CSCCN1C. The van der Waals surface area contributed by atoms with Crippen molar-refractivity contribution in [2.75, 3.05) is 31.6 Å². The first-order valence-corrected chi connectivity index (χ1v) is 8.60. The molecule has 2 nitrogen and oxygen atoms in total. The smallest absolute Gasteiger partial charge is 0.141 e. The largest absolute Gasteiger partial charge is 0.312 e. The summed E-state index contributed by atoms with van der Waals surface area (Å²) in [5, 5.41) is 3.79. The Hall–Kier alpha value is -0.290. The van der Waals surface area contributed by atoms with Crippen LogP contribution in [0.25, 0.3) is 0 Å². The van der Waals surface area contributed by atoms with E-state index in [9.17, 15) is 4.39 Å². The lowest BCUT2D eigenvalue weighted by Gasteiger charge is -2.38. The van der Waals surface area contributed by atoms with Crippen LogP contribution in [0.1, 0.15) is 12.5 Å². The van der Waals surface area contributed by atoms with E-state index in [1.165, 1.54) is 11.8 Å². The summed E-state index contributed by atoms with van der Waals surface area (Å²) < 4.78 is 13.2. The molecule has 0 bridgehead atoms. The molecule has 0 amide bonds. The summed E-state index contributed by atoms with van der Waals surface area (Å²) in [6.07, 6.45) is 0.878. The van der Waals surface area contributed by atoms with Crippen molar-refractivity contribution in [3.05, 3.63) is 34.6 Å². The van der Waals surface area contributed by atoms with Crippen molar-refractivity contribution in [2.24, 2.45) is 0 Å². The average molecular weight is 317 g/mol. The summed E-state index contributed by atoms with van der Waals surface area (Å²) in [5.74, 6) is 2.00. The minimum absolute atomic E-state index is 0.212. The van der Waals surface area contributed by atoms with E-state index in [4.69, 9.17) is 11.6 Å². The average Bonchev–Trinajstić information content (AvgIpc) is 2.43. The summed E-state index contributed by atoms with van der Waals surface area (Å²) in [5.41, 5.74) is 1.09. The Kier molecular flexibility index (Phi) is 6.15. The fourth-order valence-corrected chi connectivity index (χ4v) is 4.17. The van der Waals surface area contributed by atoms with E-state index in [2.05, 4.69) is 24.2 Å². The van der Waals surface area contributed by atoms with E-state index in [0.29, 0.717) is 12.1 Å². The first-order valence-electron chi connectivity index (χ1n) is 7.07. The highest BCUT2D eigenvalue weighted by Crippen LogP contribution is 2.22. The molecule has 0 aliphatic carbocycles. The van der Waals surface area contributed by atoms with Gasteiger partial charge < -0.3 is 10.2 Å². The predicted octanol–water partition coefficient (Wildman–Crippen LogP) is 3.05. The Morgan fingerprint density at radius 1 is 1.55 bits per heavy atom. The lowest BCUT2D eigenvalue weighted by Crippen LogP contribution is -2.53.